The Morgan fingerprint density at radius 3 is 2.46 bits per heavy atom. The van der Waals surface area contributed by atoms with E-state index in [1.54, 1.807) is 21.0 Å². The van der Waals surface area contributed by atoms with Gasteiger partial charge in [0.2, 0.25) is 11.6 Å². The molecule has 1 aromatic rings. The van der Waals surface area contributed by atoms with Gasteiger partial charge in [0.1, 0.15) is 11.5 Å². The minimum Gasteiger partial charge on any atom is -0.507 e. The maximum Gasteiger partial charge on any atom is 0.229 e. The zero-order valence-electron chi connectivity index (χ0n) is 15.8. The molecule has 2 unspecified atom stereocenters. The van der Waals surface area contributed by atoms with Crippen molar-refractivity contribution in [1.29, 1.82) is 0 Å². The van der Waals surface area contributed by atoms with Crippen molar-refractivity contribution in [2.24, 2.45) is 11.8 Å². The number of carbonyl (C=O) groups excluding carboxylic acids is 2. The predicted molar refractivity (Wildman–Crippen MR) is 97.3 cm³/mol. The molecule has 0 saturated carbocycles. The number of aliphatic hydroxyl groups excluding tert-OH is 1. The summed E-state index contributed by atoms with van der Waals surface area (Å²) in [5.74, 6) is -1.63. The molecule has 26 heavy (non-hydrogen) atoms. The molecule has 0 aromatic heterocycles. The molecule has 1 N–H and O–H groups in total. The van der Waals surface area contributed by atoms with Gasteiger partial charge < -0.3 is 14.6 Å². The number of benzene rings is 1. The lowest BCUT2D eigenvalue weighted by Gasteiger charge is -2.31. The van der Waals surface area contributed by atoms with Gasteiger partial charge in [-0.1, -0.05) is 19.9 Å². The first-order chi connectivity index (χ1) is 12.3. The number of aryl methyl sites for hydroxylation is 1. The van der Waals surface area contributed by atoms with Crippen LogP contribution < -0.4 is 4.74 Å². The molecule has 0 aliphatic heterocycles. The second-order valence-corrected chi connectivity index (χ2v) is 7.12. The average molecular weight is 356 g/mol. The van der Waals surface area contributed by atoms with Crippen LogP contribution in [0.1, 0.15) is 36.6 Å². The molecular weight excluding hydrogens is 332 g/mol. The molecule has 0 radical (unpaired) electrons. The van der Waals surface area contributed by atoms with Crippen LogP contribution in [0.25, 0.3) is 0 Å². The van der Waals surface area contributed by atoms with Crippen molar-refractivity contribution in [2.75, 3.05) is 14.2 Å². The number of ketones is 2. The third-order valence-electron chi connectivity index (χ3n) is 5.30. The lowest BCUT2D eigenvalue weighted by Crippen LogP contribution is -2.38. The Bertz CT molecular complexity index is 844. The SMILES string of the molecule is COc1cc(C)c2c(c1)C(OC)C1C(=O)C(=O)C(C(C)C)=C(O)C1=CC2. The Morgan fingerprint density at radius 1 is 1.19 bits per heavy atom. The van der Waals surface area contributed by atoms with E-state index in [0.29, 0.717) is 17.7 Å². The van der Waals surface area contributed by atoms with Gasteiger partial charge in [-0.25, -0.2) is 0 Å². The summed E-state index contributed by atoms with van der Waals surface area (Å²) in [4.78, 5) is 25.6. The van der Waals surface area contributed by atoms with Crippen molar-refractivity contribution in [1.82, 2.24) is 0 Å². The zero-order chi connectivity index (χ0) is 19.2. The number of Topliss-reactive ketones (excluding diaryl/α,β-unsaturated/α-hetero) is 2. The maximum absolute atomic E-state index is 12.9. The van der Waals surface area contributed by atoms with Crippen LogP contribution in [0, 0.1) is 18.8 Å². The van der Waals surface area contributed by atoms with Crippen molar-refractivity contribution >= 4 is 11.6 Å². The molecule has 3 rings (SSSR count). The summed E-state index contributed by atoms with van der Waals surface area (Å²) in [7, 11) is 3.10. The zero-order valence-corrected chi connectivity index (χ0v) is 15.8. The topological polar surface area (TPSA) is 72.8 Å². The highest BCUT2D eigenvalue weighted by molar-refractivity contribution is 6.46. The van der Waals surface area contributed by atoms with Crippen LogP contribution in [0.3, 0.4) is 0 Å². The van der Waals surface area contributed by atoms with Gasteiger partial charge in [-0.05, 0) is 48.1 Å². The normalized spacial score (nSPS) is 22.8. The lowest BCUT2D eigenvalue weighted by molar-refractivity contribution is -0.139. The summed E-state index contributed by atoms with van der Waals surface area (Å²) in [5, 5.41) is 10.8. The first-order valence-corrected chi connectivity index (χ1v) is 8.74. The van der Waals surface area contributed by atoms with Crippen molar-refractivity contribution in [2.45, 2.75) is 33.3 Å². The molecule has 0 spiro atoms. The Kier molecular flexibility index (Phi) is 4.76. The quantitative estimate of drug-likeness (QED) is 0.840. The van der Waals surface area contributed by atoms with Gasteiger partial charge in [-0.2, -0.15) is 0 Å². The molecule has 2 atom stereocenters. The molecule has 0 bridgehead atoms. The van der Waals surface area contributed by atoms with Crippen molar-refractivity contribution < 1.29 is 24.2 Å². The van der Waals surface area contributed by atoms with Crippen LogP contribution in [0.5, 0.6) is 5.75 Å². The number of allylic oxidation sites excluding steroid dienone is 3. The minimum atomic E-state index is -0.845. The van der Waals surface area contributed by atoms with Crippen molar-refractivity contribution in [3.05, 3.63) is 51.8 Å². The van der Waals surface area contributed by atoms with E-state index in [1.165, 1.54) is 7.11 Å². The monoisotopic (exact) mass is 356 g/mol. The summed E-state index contributed by atoms with van der Waals surface area (Å²) in [5.41, 5.74) is 3.54. The molecule has 5 heteroatoms. The van der Waals surface area contributed by atoms with E-state index in [9.17, 15) is 14.7 Å². The average Bonchev–Trinajstić information content (AvgIpc) is 2.76. The molecule has 1 aromatic carbocycles. The first kappa shape index (κ1) is 18.4. The van der Waals surface area contributed by atoms with E-state index in [-0.39, 0.29) is 17.3 Å². The third-order valence-corrected chi connectivity index (χ3v) is 5.30. The Balaban J connectivity index is 2.25. The Morgan fingerprint density at radius 2 is 1.88 bits per heavy atom. The van der Waals surface area contributed by atoms with Gasteiger partial charge in [0.05, 0.1) is 19.1 Å². The molecule has 2 aliphatic carbocycles. The number of ether oxygens (including phenoxy) is 2. The van der Waals surface area contributed by atoms with Crippen molar-refractivity contribution in [3.63, 3.8) is 0 Å². The van der Waals surface area contributed by atoms with Gasteiger partial charge in [0, 0.05) is 18.3 Å². The molecule has 0 amide bonds. The Hall–Kier alpha value is -2.40. The molecule has 5 nitrogen and oxygen atoms in total. The number of rotatable bonds is 3. The van der Waals surface area contributed by atoms with Crippen LogP contribution in [-0.2, 0) is 20.7 Å². The summed E-state index contributed by atoms with van der Waals surface area (Å²) < 4.78 is 11.0. The fraction of sp³-hybridized carbons (Fsp3) is 0.429. The largest absolute Gasteiger partial charge is 0.507 e. The van der Waals surface area contributed by atoms with Gasteiger partial charge >= 0.3 is 0 Å². The summed E-state index contributed by atoms with van der Waals surface area (Å²) in [6.07, 6.45) is 1.75. The summed E-state index contributed by atoms with van der Waals surface area (Å²) >= 11 is 0. The lowest BCUT2D eigenvalue weighted by atomic mass is 9.75. The van der Waals surface area contributed by atoms with E-state index in [1.807, 2.05) is 25.1 Å². The van der Waals surface area contributed by atoms with Gasteiger partial charge in [0.25, 0.3) is 0 Å². The van der Waals surface area contributed by atoms with E-state index in [0.717, 1.165) is 16.7 Å². The van der Waals surface area contributed by atoms with Gasteiger partial charge in [-0.3, -0.25) is 9.59 Å². The second-order valence-electron chi connectivity index (χ2n) is 7.12. The standard InChI is InChI=1S/C21H24O5/c1-10(2)16-18(22)14-7-6-13-11(3)8-12(25-4)9-15(13)21(26-5)17(14)20(24)19(16)23/h7-10,17,21-22H,6H2,1-5H3. The second kappa shape index (κ2) is 6.72. The number of carbonyl (C=O) groups is 2. The van der Waals surface area contributed by atoms with Crippen LogP contribution >= 0.6 is 0 Å². The predicted octanol–water partition coefficient (Wildman–Crippen LogP) is 3.41. The van der Waals surface area contributed by atoms with Crippen LogP contribution in [0.4, 0.5) is 0 Å². The maximum atomic E-state index is 12.9. The van der Waals surface area contributed by atoms with E-state index in [2.05, 4.69) is 0 Å². The van der Waals surface area contributed by atoms with Gasteiger partial charge in [0.15, 0.2) is 0 Å². The summed E-state index contributed by atoms with van der Waals surface area (Å²) in [6.45, 7) is 5.57. The fourth-order valence-corrected chi connectivity index (χ4v) is 4.00. The summed E-state index contributed by atoms with van der Waals surface area (Å²) in [6, 6.07) is 3.78. The number of hydrogen-bond donors (Lipinski definition) is 1. The minimum absolute atomic E-state index is 0.0749. The molecule has 0 fully saturated rings. The van der Waals surface area contributed by atoms with Crippen LogP contribution in [-0.4, -0.2) is 30.9 Å². The highest BCUT2D eigenvalue weighted by Gasteiger charge is 2.46. The molecule has 138 valence electrons. The fourth-order valence-electron chi connectivity index (χ4n) is 4.00. The number of methoxy groups -OCH3 is 2. The van der Waals surface area contributed by atoms with Crippen LogP contribution in [0.15, 0.2) is 35.1 Å². The highest BCUT2D eigenvalue weighted by Crippen LogP contribution is 2.45. The van der Waals surface area contributed by atoms with Crippen LogP contribution in [0.2, 0.25) is 0 Å². The smallest absolute Gasteiger partial charge is 0.229 e. The molecular formula is C21H24O5. The third kappa shape index (κ3) is 2.67. The molecule has 0 saturated heterocycles. The highest BCUT2D eigenvalue weighted by atomic mass is 16.5. The number of aliphatic hydroxyl groups is 1. The van der Waals surface area contributed by atoms with Gasteiger partial charge in [-0.15, -0.1) is 0 Å². The number of fused-ring (bicyclic) bond motifs is 2. The first-order valence-electron chi connectivity index (χ1n) is 8.74. The molecule has 2 aliphatic rings. The van der Waals surface area contributed by atoms with E-state index in [4.69, 9.17) is 9.47 Å². The molecule has 0 heterocycles. The van der Waals surface area contributed by atoms with E-state index < -0.39 is 23.6 Å². The van der Waals surface area contributed by atoms with Crippen molar-refractivity contribution in [3.8, 4) is 5.75 Å². The van der Waals surface area contributed by atoms with E-state index >= 15 is 0 Å². The Labute approximate surface area is 153 Å². The number of hydrogen-bond acceptors (Lipinski definition) is 5.